The highest BCUT2D eigenvalue weighted by Gasteiger charge is 2.39. The molecule has 0 fully saturated rings. The first-order valence-corrected chi connectivity index (χ1v) is 7.94. The Morgan fingerprint density at radius 1 is 1.10 bits per heavy atom. The van der Waals surface area contributed by atoms with Crippen LogP contribution in [0.4, 0.5) is 0 Å². The maximum absolute atomic E-state index is 5.98. The van der Waals surface area contributed by atoms with E-state index in [4.69, 9.17) is 11.6 Å². The number of halogens is 1. The third-order valence-electron chi connectivity index (χ3n) is 4.58. The molecule has 2 heteroatoms. The van der Waals surface area contributed by atoms with Gasteiger partial charge in [0.25, 0.3) is 0 Å². The average molecular weight is 300 g/mol. The van der Waals surface area contributed by atoms with Crippen LogP contribution < -0.4 is 5.32 Å². The van der Waals surface area contributed by atoms with Crippen molar-refractivity contribution in [3.8, 4) is 0 Å². The van der Waals surface area contributed by atoms with Crippen LogP contribution in [0.1, 0.15) is 49.5 Å². The minimum Gasteiger partial charge on any atom is -0.303 e. The summed E-state index contributed by atoms with van der Waals surface area (Å²) in [6.07, 6.45) is 1.13. The summed E-state index contributed by atoms with van der Waals surface area (Å²) in [5.74, 6) is 0. The predicted octanol–water partition coefficient (Wildman–Crippen LogP) is 5.31. The van der Waals surface area contributed by atoms with Crippen LogP contribution in [0.3, 0.4) is 0 Å². The fraction of sp³-hybridized carbons (Fsp3) is 0.368. The summed E-state index contributed by atoms with van der Waals surface area (Å²) in [4.78, 5) is 0. The van der Waals surface area contributed by atoms with Gasteiger partial charge in [-0.1, -0.05) is 61.8 Å². The Balaban J connectivity index is 1.85. The van der Waals surface area contributed by atoms with Crippen molar-refractivity contribution in [3.05, 3.63) is 70.2 Å². The monoisotopic (exact) mass is 299 g/mol. The van der Waals surface area contributed by atoms with E-state index in [1.807, 2.05) is 12.1 Å². The Morgan fingerprint density at radius 2 is 1.76 bits per heavy atom. The lowest BCUT2D eigenvalue weighted by Crippen LogP contribution is -2.33. The molecule has 0 saturated carbocycles. The molecule has 1 unspecified atom stereocenters. The fourth-order valence-electron chi connectivity index (χ4n) is 3.40. The first-order valence-electron chi connectivity index (χ1n) is 7.57. The van der Waals surface area contributed by atoms with Crippen molar-refractivity contribution >= 4 is 11.6 Å². The maximum Gasteiger partial charge on any atom is 0.0406 e. The first-order chi connectivity index (χ1) is 9.97. The van der Waals surface area contributed by atoms with E-state index in [9.17, 15) is 0 Å². The molecule has 1 aliphatic carbocycles. The highest BCUT2D eigenvalue weighted by atomic mass is 35.5. The summed E-state index contributed by atoms with van der Waals surface area (Å²) in [6, 6.07) is 17.6. The SMILES string of the molecule is C[C@H](NC1c2ccccc2CC1(C)C)c1ccc(Cl)cc1. The number of hydrogen-bond acceptors (Lipinski definition) is 1. The van der Waals surface area contributed by atoms with Crippen molar-refractivity contribution in [2.24, 2.45) is 5.41 Å². The van der Waals surface area contributed by atoms with Crippen LogP contribution in [0.2, 0.25) is 5.02 Å². The molecule has 0 aliphatic heterocycles. The number of hydrogen-bond donors (Lipinski definition) is 1. The third kappa shape index (κ3) is 2.86. The van der Waals surface area contributed by atoms with Crippen LogP contribution in [-0.2, 0) is 6.42 Å². The number of rotatable bonds is 3. The van der Waals surface area contributed by atoms with Crippen molar-refractivity contribution in [2.75, 3.05) is 0 Å². The van der Waals surface area contributed by atoms with Gasteiger partial charge < -0.3 is 5.32 Å². The molecule has 1 nitrogen and oxygen atoms in total. The number of nitrogens with one attached hydrogen (secondary N) is 1. The molecule has 2 aromatic rings. The van der Waals surface area contributed by atoms with Crippen LogP contribution in [0.15, 0.2) is 48.5 Å². The molecule has 110 valence electrons. The molecule has 0 spiro atoms. The van der Waals surface area contributed by atoms with Crippen molar-refractivity contribution in [1.82, 2.24) is 5.32 Å². The standard InChI is InChI=1S/C19H22ClN/c1-13(14-8-10-16(20)11-9-14)21-18-17-7-5-4-6-15(17)12-19(18,2)3/h4-11,13,18,21H,12H2,1-3H3/t13-,18?/m0/s1. The Kier molecular flexibility index (Phi) is 3.81. The topological polar surface area (TPSA) is 12.0 Å². The second-order valence-electron chi connectivity index (χ2n) is 6.74. The molecule has 3 rings (SSSR count). The smallest absolute Gasteiger partial charge is 0.0406 e. The lowest BCUT2D eigenvalue weighted by atomic mass is 9.84. The lowest BCUT2D eigenvalue weighted by Gasteiger charge is -2.31. The minimum atomic E-state index is 0.240. The molecule has 2 aromatic carbocycles. The zero-order valence-electron chi connectivity index (χ0n) is 12.9. The van der Waals surface area contributed by atoms with Crippen molar-refractivity contribution in [3.63, 3.8) is 0 Å². The molecule has 2 atom stereocenters. The van der Waals surface area contributed by atoms with Gasteiger partial charge in [0.2, 0.25) is 0 Å². The molecular weight excluding hydrogens is 278 g/mol. The largest absolute Gasteiger partial charge is 0.303 e. The normalized spacial score (nSPS) is 21.0. The molecule has 1 N–H and O–H groups in total. The van der Waals surface area contributed by atoms with E-state index in [2.05, 4.69) is 62.5 Å². The average Bonchev–Trinajstić information content (AvgIpc) is 2.70. The Morgan fingerprint density at radius 3 is 2.48 bits per heavy atom. The molecule has 0 bridgehead atoms. The van der Waals surface area contributed by atoms with Crippen LogP contribution in [0.5, 0.6) is 0 Å². The quantitative estimate of drug-likeness (QED) is 0.809. The van der Waals surface area contributed by atoms with E-state index in [1.165, 1.54) is 16.7 Å². The molecule has 0 aromatic heterocycles. The fourth-order valence-corrected chi connectivity index (χ4v) is 3.53. The van der Waals surface area contributed by atoms with Gasteiger partial charge in [-0.25, -0.2) is 0 Å². The van der Waals surface area contributed by atoms with Gasteiger partial charge in [0, 0.05) is 17.1 Å². The summed E-state index contributed by atoms with van der Waals surface area (Å²) >= 11 is 5.98. The summed E-state index contributed by atoms with van der Waals surface area (Å²) < 4.78 is 0. The van der Waals surface area contributed by atoms with E-state index < -0.39 is 0 Å². The Hall–Kier alpha value is -1.31. The summed E-state index contributed by atoms with van der Waals surface area (Å²) in [5.41, 5.74) is 4.44. The van der Waals surface area contributed by atoms with E-state index in [-0.39, 0.29) is 5.41 Å². The molecule has 0 heterocycles. The van der Waals surface area contributed by atoms with Crippen molar-refractivity contribution < 1.29 is 0 Å². The second-order valence-corrected chi connectivity index (χ2v) is 7.17. The van der Waals surface area contributed by atoms with Gasteiger partial charge in [-0.15, -0.1) is 0 Å². The van der Waals surface area contributed by atoms with Gasteiger partial charge >= 0.3 is 0 Å². The van der Waals surface area contributed by atoms with Gasteiger partial charge in [0.15, 0.2) is 0 Å². The maximum atomic E-state index is 5.98. The highest BCUT2D eigenvalue weighted by molar-refractivity contribution is 6.30. The van der Waals surface area contributed by atoms with Crippen LogP contribution in [0.25, 0.3) is 0 Å². The predicted molar refractivity (Wildman–Crippen MR) is 89.7 cm³/mol. The number of benzene rings is 2. The van der Waals surface area contributed by atoms with Crippen LogP contribution in [-0.4, -0.2) is 0 Å². The summed E-state index contributed by atoms with van der Waals surface area (Å²) in [7, 11) is 0. The van der Waals surface area contributed by atoms with Gasteiger partial charge in [-0.2, -0.15) is 0 Å². The molecule has 21 heavy (non-hydrogen) atoms. The zero-order chi connectivity index (χ0) is 15.0. The van der Waals surface area contributed by atoms with Gasteiger partial charge in [-0.3, -0.25) is 0 Å². The van der Waals surface area contributed by atoms with Gasteiger partial charge in [0.05, 0.1) is 0 Å². The van der Waals surface area contributed by atoms with Crippen molar-refractivity contribution in [2.45, 2.75) is 39.3 Å². The minimum absolute atomic E-state index is 0.240. The zero-order valence-corrected chi connectivity index (χ0v) is 13.6. The van der Waals surface area contributed by atoms with E-state index in [1.54, 1.807) is 0 Å². The summed E-state index contributed by atoms with van der Waals surface area (Å²) in [5, 5.41) is 4.61. The first kappa shape index (κ1) is 14.6. The molecule has 0 saturated heterocycles. The Labute approximate surface area is 132 Å². The molecule has 0 amide bonds. The molecule has 0 radical (unpaired) electrons. The number of fused-ring (bicyclic) bond motifs is 1. The van der Waals surface area contributed by atoms with E-state index in [0.717, 1.165) is 11.4 Å². The van der Waals surface area contributed by atoms with Crippen molar-refractivity contribution in [1.29, 1.82) is 0 Å². The molecular formula is C19H22ClN. The Bertz CT molecular complexity index is 630. The highest BCUT2D eigenvalue weighted by Crippen LogP contribution is 2.46. The van der Waals surface area contributed by atoms with E-state index in [0.29, 0.717) is 12.1 Å². The second kappa shape index (κ2) is 5.47. The lowest BCUT2D eigenvalue weighted by molar-refractivity contribution is 0.252. The van der Waals surface area contributed by atoms with Crippen LogP contribution in [0, 0.1) is 5.41 Å². The summed E-state index contributed by atoms with van der Waals surface area (Å²) in [6.45, 7) is 6.92. The third-order valence-corrected chi connectivity index (χ3v) is 4.83. The molecule has 1 aliphatic rings. The van der Waals surface area contributed by atoms with Gasteiger partial charge in [0.1, 0.15) is 0 Å². The van der Waals surface area contributed by atoms with E-state index >= 15 is 0 Å². The van der Waals surface area contributed by atoms with Crippen LogP contribution >= 0.6 is 11.6 Å². The van der Waals surface area contributed by atoms with Gasteiger partial charge in [-0.05, 0) is 47.6 Å².